The first-order chi connectivity index (χ1) is 11.5. The Hall–Kier alpha value is -2.47. The smallest absolute Gasteiger partial charge is 0.341 e. The van der Waals surface area contributed by atoms with Crippen LogP contribution in [0.5, 0.6) is 5.75 Å². The number of carboxylic acid groups (broad SMARTS) is 1. The van der Waals surface area contributed by atoms with Crippen molar-refractivity contribution in [1.82, 2.24) is 0 Å². The van der Waals surface area contributed by atoms with Crippen molar-refractivity contribution in [1.29, 1.82) is 0 Å². The molecule has 0 aliphatic rings. The molecule has 1 amide bonds. The number of amides is 1. The van der Waals surface area contributed by atoms with E-state index in [1.807, 2.05) is 25.1 Å². The van der Waals surface area contributed by atoms with Crippen LogP contribution in [0.15, 0.2) is 48.5 Å². The van der Waals surface area contributed by atoms with Crippen molar-refractivity contribution >= 4 is 29.3 Å². The second-order valence-electron chi connectivity index (χ2n) is 5.24. The van der Waals surface area contributed by atoms with E-state index in [2.05, 4.69) is 11.4 Å². The second kappa shape index (κ2) is 8.98. The number of aryl methyl sites for hydroxylation is 1. The minimum absolute atomic E-state index is 0.0770. The Morgan fingerprint density at radius 1 is 1.17 bits per heavy atom. The predicted molar refractivity (Wildman–Crippen MR) is 95.5 cm³/mol. The molecule has 0 heterocycles. The Morgan fingerprint density at radius 2 is 1.92 bits per heavy atom. The minimum Gasteiger partial charge on any atom is -0.482 e. The average Bonchev–Trinajstić information content (AvgIpc) is 2.54. The summed E-state index contributed by atoms with van der Waals surface area (Å²) < 4.78 is 5.03. The number of rotatable bonds is 8. The van der Waals surface area contributed by atoms with Gasteiger partial charge in [-0.05, 0) is 36.8 Å². The summed E-state index contributed by atoms with van der Waals surface area (Å²) in [5, 5.41) is 11.3. The first-order valence-corrected chi connectivity index (χ1v) is 8.56. The highest BCUT2D eigenvalue weighted by Gasteiger charge is 2.04. The van der Waals surface area contributed by atoms with Crippen molar-refractivity contribution in [2.24, 2.45) is 0 Å². The van der Waals surface area contributed by atoms with Gasteiger partial charge in [-0.15, -0.1) is 11.8 Å². The van der Waals surface area contributed by atoms with Gasteiger partial charge < -0.3 is 15.2 Å². The van der Waals surface area contributed by atoms with E-state index in [4.69, 9.17) is 9.84 Å². The van der Waals surface area contributed by atoms with Gasteiger partial charge in [0.15, 0.2) is 6.61 Å². The number of hydrogen-bond donors (Lipinski definition) is 2. The molecule has 0 atom stereocenters. The molecule has 126 valence electrons. The van der Waals surface area contributed by atoms with E-state index in [0.29, 0.717) is 17.2 Å². The van der Waals surface area contributed by atoms with E-state index >= 15 is 0 Å². The second-order valence-corrected chi connectivity index (χ2v) is 6.22. The zero-order valence-corrected chi connectivity index (χ0v) is 14.1. The van der Waals surface area contributed by atoms with E-state index in [0.717, 1.165) is 5.75 Å². The summed E-state index contributed by atoms with van der Waals surface area (Å²) in [6.07, 6.45) is 0. The van der Waals surface area contributed by atoms with Crippen molar-refractivity contribution in [3.05, 3.63) is 59.7 Å². The zero-order chi connectivity index (χ0) is 17.4. The average molecular weight is 345 g/mol. The van der Waals surface area contributed by atoms with Crippen molar-refractivity contribution < 1.29 is 19.4 Å². The third-order valence-corrected chi connectivity index (χ3v) is 4.09. The van der Waals surface area contributed by atoms with Crippen LogP contribution in [0.4, 0.5) is 5.69 Å². The van der Waals surface area contributed by atoms with Crippen molar-refractivity contribution in [2.45, 2.75) is 12.7 Å². The van der Waals surface area contributed by atoms with Gasteiger partial charge in [-0.2, -0.15) is 0 Å². The number of aliphatic carboxylic acids is 1. The van der Waals surface area contributed by atoms with Gasteiger partial charge >= 0.3 is 5.97 Å². The van der Waals surface area contributed by atoms with Crippen molar-refractivity contribution in [3.8, 4) is 5.75 Å². The van der Waals surface area contributed by atoms with E-state index < -0.39 is 5.97 Å². The fourth-order valence-electron chi connectivity index (χ4n) is 2.04. The number of nitrogens with one attached hydrogen (secondary N) is 1. The van der Waals surface area contributed by atoms with Crippen LogP contribution in [0.25, 0.3) is 0 Å². The molecule has 0 bridgehead atoms. The maximum absolute atomic E-state index is 11.9. The van der Waals surface area contributed by atoms with Gasteiger partial charge in [0.1, 0.15) is 5.75 Å². The lowest BCUT2D eigenvalue weighted by Gasteiger charge is -2.07. The van der Waals surface area contributed by atoms with Crippen molar-refractivity contribution in [3.63, 3.8) is 0 Å². The maximum atomic E-state index is 11.9. The summed E-state index contributed by atoms with van der Waals surface area (Å²) in [6.45, 7) is 1.66. The van der Waals surface area contributed by atoms with Crippen LogP contribution in [0.1, 0.15) is 11.1 Å². The molecular weight excluding hydrogens is 326 g/mol. The molecule has 0 spiro atoms. The molecule has 0 fully saturated rings. The van der Waals surface area contributed by atoms with E-state index in [-0.39, 0.29) is 12.5 Å². The summed E-state index contributed by atoms with van der Waals surface area (Å²) in [4.78, 5) is 22.4. The lowest BCUT2D eigenvalue weighted by atomic mass is 10.2. The van der Waals surface area contributed by atoms with Crippen LogP contribution in [0.2, 0.25) is 0 Å². The highest BCUT2D eigenvalue weighted by Crippen LogP contribution is 2.17. The van der Waals surface area contributed by atoms with Crippen molar-refractivity contribution in [2.75, 3.05) is 17.7 Å². The van der Waals surface area contributed by atoms with Gasteiger partial charge in [0, 0.05) is 11.4 Å². The van der Waals surface area contributed by atoms with Crippen LogP contribution in [-0.2, 0) is 15.3 Å². The predicted octanol–water partition coefficient (Wildman–Crippen LogP) is 3.33. The minimum atomic E-state index is -1.03. The van der Waals surface area contributed by atoms with Crippen LogP contribution >= 0.6 is 11.8 Å². The van der Waals surface area contributed by atoms with Crippen LogP contribution in [-0.4, -0.2) is 29.3 Å². The molecule has 2 rings (SSSR count). The van der Waals surface area contributed by atoms with E-state index in [1.54, 1.807) is 36.0 Å². The number of hydrogen-bond acceptors (Lipinski definition) is 4. The molecule has 0 saturated carbocycles. The number of thioether (sulfide) groups is 1. The Kier molecular flexibility index (Phi) is 6.69. The topological polar surface area (TPSA) is 75.6 Å². The van der Waals surface area contributed by atoms with Gasteiger partial charge in [-0.3, -0.25) is 4.79 Å². The first kappa shape index (κ1) is 17.9. The van der Waals surface area contributed by atoms with Crippen LogP contribution in [0, 0.1) is 6.92 Å². The Morgan fingerprint density at radius 3 is 2.58 bits per heavy atom. The quantitative estimate of drug-likeness (QED) is 0.767. The zero-order valence-electron chi connectivity index (χ0n) is 13.3. The first-order valence-electron chi connectivity index (χ1n) is 7.41. The van der Waals surface area contributed by atoms with Gasteiger partial charge in [0.25, 0.3) is 0 Å². The molecule has 5 nitrogen and oxygen atoms in total. The third-order valence-electron chi connectivity index (χ3n) is 3.08. The number of carboxylic acids is 1. The molecule has 2 N–H and O–H groups in total. The van der Waals surface area contributed by atoms with Gasteiger partial charge in [0.2, 0.25) is 5.91 Å². The number of carbonyl (C=O) groups excluding carboxylic acids is 1. The normalized spacial score (nSPS) is 10.2. The SMILES string of the molecule is Cc1cccc(CSCC(=O)Nc2ccc(OCC(=O)O)cc2)c1. The summed E-state index contributed by atoms with van der Waals surface area (Å²) in [6, 6.07) is 14.8. The molecule has 0 aromatic heterocycles. The Bertz CT molecular complexity index is 700. The van der Waals surface area contributed by atoms with E-state index in [1.165, 1.54) is 11.1 Å². The standard InChI is InChI=1S/C18H19NO4S/c1-13-3-2-4-14(9-13)11-24-12-17(20)19-15-5-7-16(8-6-15)23-10-18(21)22/h2-9H,10-12H2,1H3,(H,19,20)(H,21,22). The highest BCUT2D eigenvalue weighted by atomic mass is 32.2. The van der Waals surface area contributed by atoms with Crippen LogP contribution in [0.3, 0.4) is 0 Å². The monoisotopic (exact) mass is 345 g/mol. The number of anilines is 1. The number of ether oxygens (including phenoxy) is 1. The molecule has 0 aliphatic carbocycles. The Labute approximate surface area is 145 Å². The summed E-state index contributed by atoms with van der Waals surface area (Å²) in [5.41, 5.74) is 3.06. The molecule has 0 unspecified atom stereocenters. The molecule has 6 heteroatoms. The van der Waals surface area contributed by atoms with Crippen LogP contribution < -0.4 is 10.1 Å². The third kappa shape index (κ3) is 6.34. The summed E-state index contributed by atoms with van der Waals surface area (Å²) in [7, 11) is 0. The molecular formula is C18H19NO4S. The molecule has 2 aromatic carbocycles. The summed E-state index contributed by atoms with van der Waals surface area (Å²) in [5.74, 6) is 0.497. The molecule has 0 radical (unpaired) electrons. The molecule has 0 saturated heterocycles. The maximum Gasteiger partial charge on any atom is 0.341 e. The highest BCUT2D eigenvalue weighted by molar-refractivity contribution is 7.99. The summed E-state index contributed by atoms with van der Waals surface area (Å²) >= 11 is 1.55. The number of benzene rings is 2. The molecule has 0 aliphatic heterocycles. The lowest BCUT2D eigenvalue weighted by molar-refractivity contribution is -0.139. The number of carbonyl (C=O) groups is 2. The molecule has 2 aromatic rings. The van der Waals surface area contributed by atoms with E-state index in [9.17, 15) is 9.59 Å². The van der Waals surface area contributed by atoms with Gasteiger partial charge in [-0.25, -0.2) is 4.79 Å². The lowest BCUT2D eigenvalue weighted by Crippen LogP contribution is -2.14. The Balaban J connectivity index is 1.74. The van der Waals surface area contributed by atoms with Gasteiger partial charge in [-0.1, -0.05) is 29.8 Å². The molecule has 24 heavy (non-hydrogen) atoms. The van der Waals surface area contributed by atoms with Gasteiger partial charge in [0.05, 0.1) is 5.75 Å². The fraction of sp³-hybridized carbons (Fsp3) is 0.222. The fourth-order valence-corrected chi connectivity index (χ4v) is 2.82. The largest absolute Gasteiger partial charge is 0.482 e.